The SMILES string of the molecule is OC[C@H]1O[C@@H](O)[C@H](O)[C@@H](O)[C@@]1(O)CO. The molecule has 0 unspecified atom stereocenters. The maximum Gasteiger partial charge on any atom is 0.184 e. The van der Waals surface area contributed by atoms with Gasteiger partial charge in [0.1, 0.15) is 23.9 Å². The van der Waals surface area contributed by atoms with Crippen LogP contribution in [0.3, 0.4) is 0 Å². The molecule has 0 aromatic heterocycles. The molecule has 0 amide bonds. The van der Waals surface area contributed by atoms with Gasteiger partial charge in [0, 0.05) is 0 Å². The highest BCUT2D eigenvalue weighted by Gasteiger charge is 2.53. The molecule has 0 aromatic carbocycles. The maximum absolute atomic E-state index is 9.64. The van der Waals surface area contributed by atoms with Gasteiger partial charge in [0.15, 0.2) is 6.29 Å². The van der Waals surface area contributed by atoms with E-state index in [1.54, 1.807) is 0 Å². The molecule has 0 aromatic rings. The Bertz CT molecular complexity index is 194. The Hall–Kier alpha value is -0.280. The number of aliphatic hydroxyl groups is 6. The summed E-state index contributed by atoms with van der Waals surface area (Å²) in [5.74, 6) is 0. The van der Waals surface area contributed by atoms with Crippen LogP contribution >= 0.6 is 0 Å². The summed E-state index contributed by atoms with van der Waals surface area (Å²) in [6, 6.07) is 0. The van der Waals surface area contributed by atoms with E-state index < -0.39 is 43.4 Å². The van der Waals surface area contributed by atoms with Gasteiger partial charge < -0.3 is 35.4 Å². The molecular weight excluding hydrogens is 196 g/mol. The molecule has 0 aliphatic carbocycles. The summed E-state index contributed by atoms with van der Waals surface area (Å²) in [5, 5.41) is 54.8. The van der Waals surface area contributed by atoms with Gasteiger partial charge in [0.25, 0.3) is 0 Å². The van der Waals surface area contributed by atoms with Crippen molar-refractivity contribution in [2.24, 2.45) is 0 Å². The van der Waals surface area contributed by atoms with Crippen LogP contribution < -0.4 is 0 Å². The van der Waals surface area contributed by atoms with E-state index in [0.29, 0.717) is 0 Å². The Balaban J connectivity index is 2.89. The molecule has 0 bridgehead atoms. The second-order valence-electron chi connectivity index (χ2n) is 3.28. The third-order valence-corrected chi connectivity index (χ3v) is 2.41. The van der Waals surface area contributed by atoms with Crippen LogP contribution in [0.4, 0.5) is 0 Å². The van der Waals surface area contributed by atoms with E-state index >= 15 is 0 Å². The van der Waals surface area contributed by atoms with Crippen molar-refractivity contribution in [1.82, 2.24) is 0 Å². The summed E-state index contributed by atoms with van der Waals surface area (Å²) in [5.41, 5.74) is -2.17. The molecule has 84 valence electrons. The van der Waals surface area contributed by atoms with Crippen molar-refractivity contribution >= 4 is 0 Å². The molecule has 0 saturated carbocycles. The molecule has 6 N–H and O–H groups in total. The second-order valence-corrected chi connectivity index (χ2v) is 3.28. The van der Waals surface area contributed by atoms with Gasteiger partial charge in [0.05, 0.1) is 13.2 Å². The summed E-state index contributed by atoms with van der Waals surface area (Å²) in [7, 11) is 0. The number of aliphatic hydroxyl groups excluding tert-OH is 5. The maximum atomic E-state index is 9.64. The van der Waals surface area contributed by atoms with E-state index in [2.05, 4.69) is 4.74 Å². The van der Waals surface area contributed by atoms with Gasteiger partial charge in [0.2, 0.25) is 0 Å². The average Bonchev–Trinajstić information content (AvgIpc) is 2.20. The van der Waals surface area contributed by atoms with Gasteiger partial charge >= 0.3 is 0 Å². The highest BCUT2D eigenvalue weighted by Crippen LogP contribution is 2.28. The molecule has 0 radical (unpaired) electrons. The fourth-order valence-electron chi connectivity index (χ4n) is 1.41. The van der Waals surface area contributed by atoms with Crippen LogP contribution in [0.5, 0.6) is 0 Å². The summed E-state index contributed by atoms with van der Waals surface area (Å²) < 4.78 is 4.61. The van der Waals surface area contributed by atoms with Gasteiger partial charge in [-0.05, 0) is 0 Å². The third-order valence-electron chi connectivity index (χ3n) is 2.41. The zero-order valence-electron chi connectivity index (χ0n) is 7.32. The molecule has 1 fully saturated rings. The number of hydrogen-bond donors (Lipinski definition) is 6. The van der Waals surface area contributed by atoms with Crippen molar-refractivity contribution in [2.75, 3.05) is 13.2 Å². The van der Waals surface area contributed by atoms with Crippen molar-refractivity contribution in [1.29, 1.82) is 0 Å². The van der Waals surface area contributed by atoms with Crippen LogP contribution in [0.2, 0.25) is 0 Å². The lowest BCUT2D eigenvalue weighted by Gasteiger charge is -2.45. The van der Waals surface area contributed by atoms with Gasteiger partial charge in [-0.3, -0.25) is 0 Å². The third kappa shape index (κ3) is 1.63. The van der Waals surface area contributed by atoms with Crippen molar-refractivity contribution in [3.63, 3.8) is 0 Å². The zero-order valence-corrected chi connectivity index (χ0v) is 7.32. The molecule has 1 aliphatic heterocycles. The molecule has 1 aliphatic rings. The Kier molecular flexibility index (Phi) is 3.43. The molecule has 7 nitrogen and oxygen atoms in total. The van der Waals surface area contributed by atoms with Crippen LogP contribution in [-0.4, -0.2) is 74.1 Å². The van der Waals surface area contributed by atoms with Crippen molar-refractivity contribution in [3.8, 4) is 0 Å². The lowest BCUT2D eigenvalue weighted by molar-refractivity contribution is -0.326. The topological polar surface area (TPSA) is 131 Å². The number of hydrogen-bond acceptors (Lipinski definition) is 7. The lowest BCUT2D eigenvalue weighted by atomic mass is 9.85. The van der Waals surface area contributed by atoms with Crippen LogP contribution in [0, 0.1) is 0 Å². The number of rotatable bonds is 2. The Morgan fingerprint density at radius 2 is 1.71 bits per heavy atom. The normalized spacial score (nSPS) is 49.3. The molecule has 1 saturated heterocycles. The Labute approximate surface area is 79.8 Å². The summed E-state index contributed by atoms with van der Waals surface area (Å²) in [6.45, 7) is -1.60. The van der Waals surface area contributed by atoms with Crippen LogP contribution in [0.1, 0.15) is 0 Å². The van der Waals surface area contributed by atoms with Gasteiger partial charge in [-0.25, -0.2) is 0 Å². The smallest absolute Gasteiger partial charge is 0.184 e. The fourth-order valence-corrected chi connectivity index (χ4v) is 1.41. The quantitative estimate of drug-likeness (QED) is 0.275. The van der Waals surface area contributed by atoms with Gasteiger partial charge in [-0.2, -0.15) is 0 Å². The molecule has 1 rings (SSSR count). The largest absolute Gasteiger partial charge is 0.394 e. The van der Waals surface area contributed by atoms with E-state index in [-0.39, 0.29) is 0 Å². The predicted molar refractivity (Wildman–Crippen MR) is 42.0 cm³/mol. The minimum atomic E-state index is -2.17. The minimum absolute atomic E-state index is 0.697. The highest BCUT2D eigenvalue weighted by atomic mass is 16.6. The van der Waals surface area contributed by atoms with E-state index in [1.807, 2.05) is 0 Å². The molecule has 14 heavy (non-hydrogen) atoms. The molecule has 7 heteroatoms. The summed E-state index contributed by atoms with van der Waals surface area (Å²) in [4.78, 5) is 0. The number of ether oxygens (including phenoxy) is 1. The average molecular weight is 210 g/mol. The van der Waals surface area contributed by atoms with E-state index in [1.165, 1.54) is 0 Å². The van der Waals surface area contributed by atoms with Gasteiger partial charge in [-0.1, -0.05) is 0 Å². The fraction of sp³-hybridized carbons (Fsp3) is 1.00. The van der Waals surface area contributed by atoms with Crippen molar-refractivity contribution in [2.45, 2.75) is 30.2 Å². The standard InChI is InChI=1S/C7H14O7/c8-1-3-7(13,2-9)5(11)4(10)6(12)14-3/h3-6,8-13H,1-2H2/t3-,4-,5-,6-,7-/m1/s1. The van der Waals surface area contributed by atoms with Crippen LogP contribution in [0.15, 0.2) is 0 Å². The van der Waals surface area contributed by atoms with Crippen molar-refractivity contribution < 1.29 is 35.4 Å². The zero-order chi connectivity index (χ0) is 10.9. The summed E-state index contributed by atoms with van der Waals surface area (Å²) in [6.07, 6.45) is -6.56. The first kappa shape index (κ1) is 11.8. The molecular formula is C7H14O7. The minimum Gasteiger partial charge on any atom is -0.394 e. The Morgan fingerprint density at radius 3 is 2.14 bits per heavy atom. The molecule has 0 spiro atoms. The first-order valence-electron chi connectivity index (χ1n) is 4.11. The van der Waals surface area contributed by atoms with Gasteiger partial charge in [-0.15, -0.1) is 0 Å². The first-order chi connectivity index (χ1) is 6.47. The lowest BCUT2D eigenvalue weighted by Crippen LogP contribution is -2.68. The Morgan fingerprint density at radius 1 is 1.14 bits per heavy atom. The predicted octanol–water partition coefficient (Wildman–Crippen LogP) is -3.86. The monoisotopic (exact) mass is 210 g/mol. The van der Waals surface area contributed by atoms with Crippen LogP contribution in [0.25, 0.3) is 0 Å². The second kappa shape index (κ2) is 4.07. The van der Waals surface area contributed by atoms with E-state index in [9.17, 15) is 10.2 Å². The first-order valence-corrected chi connectivity index (χ1v) is 4.11. The van der Waals surface area contributed by atoms with E-state index in [0.717, 1.165) is 0 Å². The van der Waals surface area contributed by atoms with Crippen molar-refractivity contribution in [3.05, 3.63) is 0 Å². The summed E-state index contributed by atoms with van der Waals surface area (Å²) >= 11 is 0. The molecule has 1 heterocycles. The van der Waals surface area contributed by atoms with Crippen LogP contribution in [-0.2, 0) is 4.74 Å². The molecule has 5 atom stereocenters. The highest BCUT2D eigenvalue weighted by molar-refractivity contribution is 5.01. The van der Waals surface area contributed by atoms with E-state index in [4.69, 9.17) is 20.4 Å².